The molecule has 0 saturated heterocycles. The van der Waals surface area contributed by atoms with Crippen LogP contribution in [-0.4, -0.2) is 36.6 Å². The summed E-state index contributed by atoms with van der Waals surface area (Å²) in [7, 11) is 0. The lowest BCUT2D eigenvalue weighted by molar-refractivity contribution is 0.974. The van der Waals surface area contributed by atoms with Crippen molar-refractivity contribution < 1.29 is 0 Å². The molecule has 6 nitrogen and oxygen atoms in total. The topological polar surface area (TPSA) is 68.3 Å². The maximum Gasteiger partial charge on any atom is 0.116 e. The van der Waals surface area contributed by atoms with Crippen LogP contribution in [0.25, 0.3) is 27.5 Å². The van der Waals surface area contributed by atoms with E-state index >= 15 is 0 Å². The summed E-state index contributed by atoms with van der Waals surface area (Å²) in [6.45, 7) is 8.34. The molecule has 0 spiro atoms. The highest BCUT2D eigenvalue weighted by atomic mass is 14.8. The van der Waals surface area contributed by atoms with Gasteiger partial charge < -0.3 is 4.40 Å². The molecule has 42 heavy (non-hydrogen) atoms. The van der Waals surface area contributed by atoms with E-state index in [-0.39, 0.29) is 0 Å². The molecule has 8 rings (SSSR count). The Bertz CT molecular complexity index is 1860. The van der Waals surface area contributed by atoms with Crippen LogP contribution in [0.4, 0.5) is 0 Å². The second-order valence-electron chi connectivity index (χ2n) is 10.1. The van der Waals surface area contributed by atoms with Gasteiger partial charge in [-0.15, -0.1) is 0 Å². The Kier molecular flexibility index (Phi) is 9.04. The van der Waals surface area contributed by atoms with Crippen LogP contribution in [0.5, 0.6) is 0 Å². The van der Waals surface area contributed by atoms with Crippen molar-refractivity contribution in [1.29, 1.82) is 0 Å². The third-order valence-electron chi connectivity index (χ3n) is 7.16. The summed E-state index contributed by atoms with van der Waals surface area (Å²) in [6.07, 6.45) is 21.2. The van der Waals surface area contributed by atoms with Crippen LogP contribution in [0.15, 0.2) is 138 Å². The van der Waals surface area contributed by atoms with Crippen LogP contribution in [0.2, 0.25) is 0 Å². The van der Waals surface area contributed by atoms with Gasteiger partial charge in [-0.2, -0.15) is 0 Å². The van der Waals surface area contributed by atoms with Gasteiger partial charge >= 0.3 is 0 Å². The fraction of sp³-hybridized carbons (Fsp3) is 0.139. The molecule has 208 valence electrons. The Labute approximate surface area is 246 Å². The molecule has 0 N–H and O–H groups in total. The number of rotatable bonds is 0. The summed E-state index contributed by atoms with van der Waals surface area (Å²) >= 11 is 0. The second kappa shape index (κ2) is 13.4. The summed E-state index contributed by atoms with van der Waals surface area (Å²) in [5.41, 5.74) is 10.7. The minimum Gasteiger partial charge on any atom is -0.324 e. The number of benzene rings is 2. The molecule has 1 unspecified atom stereocenters. The Morgan fingerprint density at radius 1 is 0.690 bits per heavy atom. The van der Waals surface area contributed by atoms with Gasteiger partial charge in [-0.05, 0) is 91.9 Å². The molecule has 4 aromatic heterocycles. The van der Waals surface area contributed by atoms with Crippen molar-refractivity contribution in [3.63, 3.8) is 0 Å². The Morgan fingerprint density at radius 2 is 1.43 bits per heavy atom. The number of pyridine rings is 1. The van der Waals surface area contributed by atoms with E-state index in [4.69, 9.17) is 0 Å². The second-order valence-corrected chi connectivity index (χ2v) is 10.1. The van der Waals surface area contributed by atoms with E-state index in [0.717, 1.165) is 21.9 Å². The van der Waals surface area contributed by atoms with Gasteiger partial charge in [0.25, 0.3) is 0 Å². The highest BCUT2D eigenvalue weighted by molar-refractivity contribution is 5.81. The van der Waals surface area contributed by atoms with Crippen molar-refractivity contribution in [2.45, 2.75) is 33.7 Å². The lowest BCUT2D eigenvalue weighted by Gasteiger charge is -2.11. The molecule has 0 amide bonds. The first-order chi connectivity index (χ1) is 20.5. The van der Waals surface area contributed by atoms with E-state index in [1.54, 1.807) is 18.7 Å². The first-order valence-corrected chi connectivity index (χ1v) is 13.9. The van der Waals surface area contributed by atoms with E-state index in [1.807, 2.05) is 49.7 Å². The Morgan fingerprint density at radius 3 is 2.19 bits per heavy atom. The van der Waals surface area contributed by atoms with Gasteiger partial charge in [-0.25, -0.2) is 9.97 Å². The van der Waals surface area contributed by atoms with E-state index in [1.165, 1.54) is 33.4 Å². The van der Waals surface area contributed by atoms with E-state index in [2.05, 4.69) is 117 Å². The summed E-state index contributed by atoms with van der Waals surface area (Å²) in [5, 5.41) is 1.13. The summed E-state index contributed by atoms with van der Waals surface area (Å²) in [4.78, 5) is 20.8. The molecular formula is C36H34N6. The zero-order valence-corrected chi connectivity index (χ0v) is 24.4. The maximum atomic E-state index is 4.26. The number of hydrogen-bond acceptors (Lipinski definition) is 5. The van der Waals surface area contributed by atoms with Gasteiger partial charge in [0.1, 0.15) is 6.33 Å². The number of nitrogens with zero attached hydrogens (tertiary/aromatic N) is 6. The summed E-state index contributed by atoms with van der Waals surface area (Å²) in [6, 6.07) is 20.7. The smallest absolute Gasteiger partial charge is 0.116 e. The molecule has 0 fully saturated rings. The van der Waals surface area contributed by atoms with Crippen LogP contribution in [-0.2, 0) is 0 Å². The van der Waals surface area contributed by atoms with Crippen LogP contribution in [0, 0.1) is 20.8 Å². The van der Waals surface area contributed by atoms with Crippen LogP contribution >= 0.6 is 0 Å². The van der Waals surface area contributed by atoms with Crippen molar-refractivity contribution in [3.8, 4) is 0 Å². The highest BCUT2D eigenvalue weighted by Crippen LogP contribution is 2.24. The van der Waals surface area contributed by atoms with Crippen LogP contribution in [0.3, 0.4) is 0 Å². The van der Waals surface area contributed by atoms with E-state index < -0.39 is 0 Å². The summed E-state index contributed by atoms with van der Waals surface area (Å²) in [5.74, 6) is 0. The molecule has 0 saturated carbocycles. The third-order valence-corrected chi connectivity index (χ3v) is 7.16. The fourth-order valence-corrected chi connectivity index (χ4v) is 4.82. The predicted octanol–water partition coefficient (Wildman–Crippen LogP) is 8.01. The fourth-order valence-electron chi connectivity index (χ4n) is 4.82. The monoisotopic (exact) mass is 550 g/mol. The van der Waals surface area contributed by atoms with Gasteiger partial charge in [-0.1, -0.05) is 48.6 Å². The SMILES string of the molecule is CC1=CC=CC2N=CC=C12.Cc1cccc2nccnc12.Cc1cccc2ncncc12.Cc1cccn2cccc12. The number of aryl methyl sites for hydroxylation is 3. The minimum atomic E-state index is 0.324. The van der Waals surface area contributed by atoms with Crippen molar-refractivity contribution in [1.82, 2.24) is 24.3 Å². The highest BCUT2D eigenvalue weighted by Gasteiger charge is 2.15. The van der Waals surface area contributed by atoms with Gasteiger partial charge in [0.2, 0.25) is 0 Å². The van der Waals surface area contributed by atoms with Crippen molar-refractivity contribution >= 4 is 33.7 Å². The van der Waals surface area contributed by atoms with Gasteiger partial charge in [0, 0.05) is 48.1 Å². The number of para-hydroxylation sites is 1. The van der Waals surface area contributed by atoms with Gasteiger partial charge in [0.05, 0.1) is 22.6 Å². The normalized spacial score (nSPS) is 14.5. The Hall–Kier alpha value is -5.23. The lowest BCUT2D eigenvalue weighted by Crippen LogP contribution is -2.04. The van der Waals surface area contributed by atoms with Gasteiger partial charge in [0.15, 0.2) is 0 Å². The predicted molar refractivity (Wildman–Crippen MR) is 174 cm³/mol. The molecule has 2 aromatic carbocycles. The van der Waals surface area contributed by atoms with Crippen molar-refractivity contribution in [3.05, 3.63) is 150 Å². The molecule has 6 heteroatoms. The molecule has 5 heterocycles. The molecule has 0 radical (unpaired) electrons. The zero-order chi connectivity index (χ0) is 29.3. The summed E-state index contributed by atoms with van der Waals surface area (Å²) < 4.78 is 2.12. The van der Waals surface area contributed by atoms with Crippen LogP contribution < -0.4 is 0 Å². The quantitative estimate of drug-likeness (QED) is 0.192. The number of aromatic nitrogens is 5. The number of hydrogen-bond donors (Lipinski definition) is 0. The van der Waals surface area contributed by atoms with E-state index in [9.17, 15) is 0 Å². The molecular weight excluding hydrogens is 516 g/mol. The number of allylic oxidation sites excluding steroid dienone is 3. The average molecular weight is 551 g/mol. The molecule has 1 aliphatic heterocycles. The van der Waals surface area contributed by atoms with Gasteiger partial charge in [-0.3, -0.25) is 15.0 Å². The van der Waals surface area contributed by atoms with Crippen LogP contribution in [0.1, 0.15) is 23.6 Å². The zero-order valence-electron chi connectivity index (χ0n) is 24.4. The molecule has 0 bridgehead atoms. The van der Waals surface area contributed by atoms with Crippen molar-refractivity contribution in [2.75, 3.05) is 0 Å². The minimum absolute atomic E-state index is 0.324. The first kappa shape index (κ1) is 28.3. The maximum absolute atomic E-state index is 4.26. The largest absolute Gasteiger partial charge is 0.324 e. The first-order valence-electron chi connectivity index (χ1n) is 13.9. The molecule has 6 aromatic rings. The molecule has 1 aliphatic carbocycles. The average Bonchev–Trinajstić information content (AvgIpc) is 3.71. The number of aliphatic imine (C=N–C) groups is 1. The number of fused-ring (bicyclic) bond motifs is 4. The standard InChI is InChI=1S/2C9H8N2.2C9H9N/c1-7-3-2-4-9-8(7)5-10-6-11-9;1-7-3-2-4-8-9(7)11-6-5-10-8;1-8-4-2-6-10-7-3-5-9(8)10;1-7-3-2-4-9-8(7)5-6-10-9/h2*2-6H,1H3;2-7H,1H3;2-6,9H,1H3. The molecule has 1 atom stereocenters. The lowest BCUT2D eigenvalue weighted by atomic mass is 9.97. The van der Waals surface area contributed by atoms with E-state index in [0.29, 0.717) is 6.04 Å². The van der Waals surface area contributed by atoms with Crippen molar-refractivity contribution in [2.24, 2.45) is 4.99 Å². The molecule has 2 aliphatic rings. The Balaban J connectivity index is 0.000000112. The third kappa shape index (κ3) is 6.73.